The lowest BCUT2D eigenvalue weighted by Gasteiger charge is -2.32. The Hall–Kier alpha value is -1.20. The molecule has 3 nitrogen and oxygen atoms in total. The van der Waals surface area contributed by atoms with Crippen molar-refractivity contribution in [3.63, 3.8) is 0 Å². The van der Waals surface area contributed by atoms with E-state index in [2.05, 4.69) is 5.32 Å². The lowest BCUT2D eigenvalue weighted by molar-refractivity contribution is -0.132. The molecule has 1 saturated heterocycles. The summed E-state index contributed by atoms with van der Waals surface area (Å²) < 4.78 is 26.6. The van der Waals surface area contributed by atoms with Crippen molar-refractivity contribution in [3.8, 4) is 0 Å². The van der Waals surface area contributed by atoms with Crippen molar-refractivity contribution >= 4 is 18.3 Å². The monoisotopic (exact) mass is 332 g/mol. The zero-order valence-corrected chi connectivity index (χ0v) is 13.6. The maximum absolute atomic E-state index is 13.5. The van der Waals surface area contributed by atoms with Crippen LogP contribution in [0.5, 0.6) is 0 Å². The molecule has 6 heteroatoms. The fourth-order valence-corrected chi connectivity index (χ4v) is 2.82. The van der Waals surface area contributed by atoms with Crippen LogP contribution >= 0.6 is 12.4 Å². The number of amides is 1. The Morgan fingerprint density at radius 1 is 1.32 bits per heavy atom. The average Bonchev–Trinajstić information content (AvgIpc) is 2.49. The van der Waals surface area contributed by atoms with E-state index in [1.54, 1.807) is 0 Å². The lowest BCUT2D eigenvalue weighted by atomic mass is 9.96. The van der Waals surface area contributed by atoms with Gasteiger partial charge in [-0.3, -0.25) is 4.79 Å². The number of carbonyl (C=O) groups is 1. The minimum Gasteiger partial charge on any atom is -0.343 e. The van der Waals surface area contributed by atoms with Crippen LogP contribution in [0.15, 0.2) is 18.2 Å². The van der Waals surface area contributed by atoms with Gasteiger partial charge in [0.1, 0.15) is 0 Å². The molecule has 124 valence electrons. The fraction of sp³-hybridized carbons (Fsp3) is 0.562. The molecular weight excluding hydrogens is 310 g/mol. The van der Waals surface area contributed by atoms with Crippen molar-refractivity contribution < 1.29 is 13.6 Å². The number of piperidine rings is 1. The second-order valence-corrected chi connectivity index (χ2v) is 5.59. The van der Waals surface area contributed by atoms with E-state index < -0.39 is 11.6 Å². The van der Waals surface area contributed by atoms with E-state index in [0.717, 1.165) is 38.5 Å². The SMILES string of the molecule is CNCC1CCN(C(=O)CCc2cccc(F)c2F)CC1.Cl. The topological polar surface area (TPSA) is 32.3 Å². The van der Waals surface area contributed by atoms with E-state index in [0.29, 0.717) is 5.92 Å². The first-order valence-electron chi connectivity index (χ1n) is 7.47. The molecule has 0 radical (unpaired) electrons. The molecule has 0 saturated carbocycles. The molecule has 1 fully saturated rings. The van der Waals surface area contributed by atoms with Crippen LogP contribution < -0.4 is 5.32 Å². The highest BCUT2D eigenvalue weighted by molar-refractivity contribution is 5.85. The van der Waals surface area contributed by atoms with Gasteiger partial charge in [0, 0.05) is 19.5 Å². The van der Waals surface area contributed by atoms with Gasteiger partial charge in [0.05, 0.1) is 0 Å². The molecule has 0 spiro atoms. The Bertz CT molecular complexity index is 491. The fourth-order valence-electron chi connectivity index (χ4n) is 2.82. The normalized spacial score (nSPS) is 15.5. The third-order valence-electron chi connectivity index (χ3n) is 4.10. The average molecular weight is 333 g/mol. The quantitative estimate of drug-likeness (QED) is 0.899. The molecule has 1 aromatic carbocycles. The third kappa shape index (κ3) is 4.92. The van der Waals surface area contributed by atoms with E-state index in [9.17, 15) is 13.6 Å². The van der Waals surface area contributed by atoms with Gasteiger partial charge in [-0.15, -0.1) is 12.4 Å². The number of rotatable bonds is 5. The van der Waals surface area contributed by atoms with E-state index in [1.165, 1.54) is 12.1 Å². The summed E-state index contributed by atoms with van der Waals surface area (Å²) in [5.41, 5.74) is 0.272. The summed E-state index contributed by atoms with van der Waals surface area (Å²) in [6.45, 7) is 2.50. The largest absolute Gasteiger partial charge is 0.343 e. The van der Waals surface area contributed by atoms with Gasteiger partial charge < -0.3 is 10.2 Å². The second kappa shape index (κ2) is 9.06. The van der Waals surface area contributed by atoms with Gasteiger partial charge in [0.2, 0.25) is 5.91 Å². The molecule has 0 unspecified atom stereocenters. The molecule has 22 heavy (non-hydrogen) atoms. The molecule has 1 N–H and O–H groups in total. The van der Waals surface area contributed by atoms with Gasteiger partial charge >= 0.3 is 0 Å². The van der Waals surface area contributed by atoms with Gasteiger partial charge in [0.25, 0.3) is 0 Å². The summed E-state index contributed by atoms with van der Waals surface area (Å²) in [5.74, 6) is -1.04. The Morgan fingerprint density at radius 2 is 2.00 bits per heavy atom. The minimum absolute atomic E-state index is 0. The van der Waals surface area contributed by atoms with Gasteiger partial charge in [-0.25, -0.2) is 8.78 Å². The number of nitrogens with one attached hydrogen (secondary N) is 1. The summed E-state index contributed by atoms with van der Waals surface area (Å²) in [7, 11) is 1.94. The Labute approximate surface area is 136 Å². The minimum atomic E-state index is -0.854. The number of carbonyl (C=O) groups excluding carboxylic acids is 1. The number of hydrogen-bond donors (Lipinski definition) is 1. The maximum Gasteiger partial charge on any atom is 0.222 e. The van der Waals surface area contributed by atoms with E-state index >= 15 is 0 Å². The van der Waals surface area contributed by atoms with Crippen LogP contribution in [0.2, 0.25) is 0 Å². The van der Waals surface area contributed by atoms with Crippen molar-refractivity contribution in [1.82, 2.24) is 10.2 Å². The second-order valence-electron chi connectivity index (χ2n) is 5.59. The van der Waals surface area contributed by atoms with Crippen molar-refractivity contribution in [1.29, 1.82) is 0 Å². The van der Waals surface area contributed by atoms with Crippen molar-refractivity contribution in [3.05, 3.63) is 35.4 Å². The smallest absolute Gasteiger partial charge is 0.222 e. The first kappa shape index (κ1) is 18.8. The molecule has 1 heterocycles. The highest BCUT2D eigenvalue weighted by atomic mass is 35.5. The van der Waals surface area contributed by atoms with Crippen LogP contribution in [-0.4, -0.2) is 37.5 Å². The highest BCUT2D eigenvalue weighted by Gasteiger charge is 2.22. The van der Waals surface area contributed by atoms with E-state index in [4.69, 9.17) is 0 Å². The molecule has 1 aliphatic rings. The molecule has 1 aromatic rings. The lowest BCUT2D eigenvalue weighted by Crippen LogP contribution is -2.40. The Kier molecular flexibility index (Phi) is 7.76. The number of aryl methyl sites for hydroxylation is 1. The van der Waals surface area contributed by atoms with Crippen LogP contribution in [0.4, 0.5) is 8.78 Å². The molecule has 1 aliphatic heterocycles. The Balaban J connectivity index is 0.00000242. The zero-order chi connectivity index (χ0) is 15.2. The summed E-state index contributed by atoms with van der Waals surface area (Å²) in [4.78, 5) is 14.0. The number of benzene rings is 1. The van der Waals surface area contributed by atoms with Crippen molar-refractivity contribution in [2.45, 2.75) is 25.7 Å². The van der Waals surface area contributed by atoms with E-state index in [-0.39, 0.29) is 36.7 Å². The van der Waals surface area contributed by atoms with Crippen LogP contribution in [0.1, 0.15) is 24.8 Å². The van der Waals surface area contributed by atoms with Gasteiger partial charge in [-0.2, -0.15) is 0 Å². The molecule has 0 bridgehead atoms. The maximum atomic E-state index is 13.5. The zero-order valence-electron chi connectivity index (χ0n) is 12.8. The van der Waals surface area contributed by atoms with Crippen LogP contribution in [0, 0.1) is 17.6 Å². The molecular formula is C16H23ClF2N2O. The molecule has 0 atom stereocenters. The summed E-state index contributed by atoms with van der Waals surface area (Å²) >= 11 is 0. The number of halogens is 3. The first-order chi connectivity index (χ1) is 10.1. The van der Waals surface area contributed by atoms with Gasteiger partial charge in [-0.05, 0) is 50.4 Å². The van der Waals surface area contributed by atoms with E-state index in [1.807, 2.05) is 11.9 Å². The summed E-state index contributed by atoms with van der Waals surface area (Å²) in [6.07, 6.45) is 2.48. The first-order valence-corrected chi connectivity index (χ1v) is 7.47. The summed E-state index contributed by atoms with van der Waals surface area (Å²) in [5, 5.41) is 3.16. The predicted octanol–water partition coefficient (Wildman–Crippen LogP) is 2.78. The third-order valence-corrected chi connectivity index (χ3v) is 4.10. The Morgan fingerprint density at radius 3 is 2.64 bits per heavy atom. The predicted molar refractivity (Wildman–Crippen MR) is 85.2 cm³/mol. The molecule has 0 aliphatic carbocycles. The molecule has 0 aromatic heterocycles. The van der Waals surface area contributed by atoms with Gasteiger partial charge in [-0.1, -0.05) is 12.1 Å². The van der Waals surface area contributed by atoms with Crippen LogP contribution in [0.25, 0.3) is 0 Å². The number of hydrogen-bond acceptors (Lipinski definition) is 2. The van der Waals surface area contributed by atoms with Crippen LogP contribution in [0.3, 0.4) is 0 Å². The van der Waals surface area contributed by atoms with Gasteiger partial charge in [0.15, 0.2) is 11.6 Å². The van der Waals surface area contributed by atoms with Crippen molar-refractivity contribution in [2.24, 2.45) is 5.92 Å². The molecule has 2 rings (SSSR count). The van der Waals surface area contributed by atoms with Crippen LogP contribution in [-0.2, 0) is 11.2 Å². The van der Waals surface area contributed by atoms with Crippen molar-refractivity contribution in [2.75, 3.05) is 26.7 Å². The summed E-state index contributed by atoms with van der Waals surface area (Å²) in [6, 6.07) is 4.10. The standard InChI is InChI=1S/C16H22F2N2O.ClH/c1-19-11-12-7-9-20(10-8-12)15(21)6-5-13-3-2-4-14(17)16(13)18;/h2-4,12,19H,5-11H2,1H3;1H. The highest BCUT2D eigenvalue weighted by Crippen LogP contribution is 2.18. The number of likely N-dealkylation sites (tertiary alicyclic amines) is 1. The number of nitrogens with zero attached hydrogens (tertiary/aromatic N) is 1. The molecule has 1 amide bonds.